The highest BCUT2D eigenvalue weighted by molar-refractivity contribution is 5.66. The second kappa shape index (κ2) is 4.84. The van der Waals surface area contributed by atoms with E-state index >= 15 is 0 Å². The van der Waals surface area contributed by atoms with Crippen molar-refractivity contribution in [3.63, 3.8) is 0 Å². The molecule has 3 heteroatoms. The van der Waals surface area contributed by atoms with E-state index in [4.69, 9.17) is 5.11 Å². The minimum absolute atomic E-state index is 0.253. The maximum Gasteiger partial charge on any atom is 0.303 e. The average molecular weight is 195 g/mol. The highest BCUT2D eigenvalue weighted by Crippen LogP contribution is 2.13. The van der Waals surface area contributed by atoms with Crippen LogP contribution in [0.4, 0.5) is 0 Å². The van der Waals surface area contributed by atoms with Crippen LogP contribution < -0.4 is 0 Å². The lowest BCUT2D eigenvalue weighted by molar-refractivity contribution is -0.137. The van der Waals surface area contributed by atoms with Gasteiger partial charge in [0.05, 0.1) is 0 Å². The van der Waals surface area contributed by atoms with E-state index in [9.17, 15) is 4.79 Å². The molecule has 0 aromatic carbocycles. The predicted octanol–water partition coefficient (Wildman–Crippen LogP) is 2.48. The predicted molar refractivity (Wildman–Crippen MR) is 55.4 cm³/mol. The molecule has 1 rings (SSSR count). The number of hydrogen-bond donors (Lipinski definition) is 1. The van der Waals surface area contributed by atoms with Gasteiger partial charge in [0.25, 0.3) is 0 Å². The zero-order chi connectivity index (χ0) is 10.6. The molecule has 0 saturated carbocycles. The fraction of sp³-hybridized carbons (Fsp3) is 0.545. The van der Waals surface area contributed by atoms with E-state index < -0.39 is 5.97 Å². The van der Waals surface area contributed by atoms with Crippen LogP contribution >= 0.6 is 0 Å². The Morgan fingerprint density at radius 2 is 2.29 bits per heavy atom. The zero-order valence-electron chi connectivity index (χ0n) is 8.73. The topological polar surface area (TPSA) is 42.2 Å². The van der Waals surface area contributed by atoms with Crippen LogP contribution in [0.5, 0.6) is 0 Å². The molecule has 1 aromatic heterocycles. The van der Waals surface area contributed by atoms with Gasteiger partial charge in [0.2, 0.25) is 0 Å². The second-order valence-corrected chi connectivity index (χ2v) is 3.75. The van der Waals surface area contributed by atoms with E-state index in [-0.39, 0.29) is 6.42 Å². The molecule has 1 N–H and O–H groups in total. The fourth-order valence-corrected chi connectivity index (χ4v) is 1.57. The monoisotopic (exact) mass is 195 g/mol. The van der Waals surface area contributed by atoms with Crippen molar-refractivity contribution in [2.24, 2.45) is 0 Å². The third kappa shape index (κ3) is 2.91. The molecule has 1 aromatic rings. The molecular weight excluding hydrogens is 178 g/mol. The summed E-state index contributed by atoms with van der Waals surface area (Å²) in [5.74, 6) is -0.715. The molecule has 0 aliphatic heterocycles. The lowest BCUT2D eigenvalue weighted by Crippen LogP contribution is -2.05. The summed E-state index contributed by atoms with van der Waals surface area (Å²) in [6.07, 6.45) is 3.85. The molecule has 0 saturated heterocycles. The first-order valence-electron chi connectivity index (χ1n) is 4.98. The summed E-state index contributed by atoms with van der Waals surface area (Å²) < 4.78 is 2.18. The van der Waals surface area contributed by atoms with Crippen molar-refractivity contribution in [3.8, 4) is 0 Å². The van der Waals surface area contributed by atoms with Crippen LogP contribution in [0.15, 0.2) is 18.3 Å². The van der Waals surface area contributed by atoms with Crippen molar-refractivity contribution in [3.05, 3.63) is 24.0 Å². The van der Waals surface area contributed by atoms with Crippen molar-refractivity contribution in [1.29, 1.82) is 0 Å². The largest absolute Gasteiger partial charge is 0.481 e. The molecule has 0 fully saturated rings. The lowest BCUT2D eigenvalue weighted by Gasteiger charge is -2.12. The van der Waals surface area contributed by atoms with E-state index in [1.807, 2.05) is 12.3 Å². The number of carboxylic acids is 1. The summed E-state index contributed by atoms with van der Waals surface area (Å²) in [6, 6.07) is 4.52. The van der Waals surface area contributed by atoms with Crippen molar-refractivity contribution < 1.29 is 9.90 Å². The van der Waals surface area contributed by atoms with Gasteiger partial charge < -0.3 is 9.67 Å². The molecule has 0 unspecified atom stereocenters. The van der Waals surface area contributed by atoms with Gasteiger partial charge in [-0.1, -0.05) is 0 Å². The third-order valence-electron chi connectivity index (χ3n) is 2.25. The number of aromatic nitrogens is 1. The average Bonchev–Trinajstić information content (AvgIpc) is 2.51. The molecule has 0 radical (unpaired) electrons. The molecule has 78 valence electrons. The molecule has 0 atom stereocenters. The van der Waals surface area contributed by atoms with Gasteiger partial charge in [-0.05, 0) is 38.8 Å². The maximum atomic E-state index is 10.3. The van der Waals surface area contributed by atoms with Gasteiger partial charge in [0.1, 0.15) is 0 Å². The summed E-state index contributed by atoms with van der Waals surface area (Å²) in [5.41, 5.74) is 1.22. The SMILES string of the molecule is CC(C)n1cccc1CCCC(=O)O. The van der Waals surface area contributed by atoms with E-state index in [2.05, 4.69) is 24.5 Å². The van der Waals surface area contributed by atoms with Crippen LogP contribution in [0.1, 0.15) is 38.4 Å². The van der Waals surface area contributed by atoms with Gasteiger partial charge in [0.15, 0.2) is 0 Å². The van der Waals surface area contributed by atoms with Gasteiger partial charge >= 0.3 is 5.97 Å². The Morgan fingerprint density at radius 1 is 1.57 bits per heavy atom. The summed E-state index contributed by atoms with van der Waals surface area (Å²) in [4.78, 5) is 10.3. The number of rotatable bonds is 5. The number of carbonyl (C=O) groups is 1. The molecule has 0 bridgehead atoms. The van der Waals surface area contributed by atoms with Crippen LogP contribution in [0.25, 0.3) is 0 Å². The maximum absolute atomic E-state index is 10.3. The lowest BCUT2D eigenvalue weighted by atomic mass is 10.2. The molecular formula is C11H17NO2. The van der Waals surface area contributed by atoms with E-state index in [1.54, 1.807) is 0 Å². The minimum atomic E-state index is -0.715. The summed E-state index contributed by atoms with van der Waals surface area (Å²) >= 11 is 0. The number of carboxylic acid groups (broad SMARTS) is 1. The van der Waals surface area contributed by atoms with Gasteiger partial charge in [0, 0.05) is 24.4 Å². The summed E-state index contributed by atoms with van der Waals surface area (Å²) in [5, 5.41) is 8.51. The first kappa shape index (κ1) is 10.8. The summed E-state index contributed by atoms with van der Waals surface area (Å²) in [6.45, 7) is 4.25. The van der Waals surface area contributed by atoms with Gasteiger partial charge in [-0.25, -0.2) is 0 Å². The quantitative estimate of drug-likeness (QED) is 0.784. The van der Waals surface area contributed by atoms with Crippen LogP contribution in [-0.4, -0.2) is 15.6 Å². The molecule has 3 nitrogen and oxygen atoms in total. The Balaban J connectivity index is 2.50. The smallest absolute Gasteiger partial charge is 0.303 e. The van der Waals surface area contributed by atoms with Crippen molar-refractivity contribution in [2.75, 3.05) is 0 Å². The second-order valence-electron chi connectivity index (χ2n) is 3.75. The first-order valence-corrected chi connectivity index (χ1v) is 4.98. The molecule has 14 heavy (non-hydrogen) atoms. The van der Waals surface area contributed by atoms with Gasteiger partial charge in [-0.2, -0.15) is 0 Å². The fourth-order valence-electron chi connectivity index (χ4n) is 1.57. The zero-order valence-corrected chi connectivity index (χ0v) is 8.73. The molecule has 0 amide bonds. The van der Waals surface area contributed by atoms with Crippen LogP contribution in [0, 0.1) is 0 Å². The molecule has 0 aliphatic rings. The van der Waals surface area contributed by atoms with Crippen LogP contribution in [-0.2, 0) is 11.2 Å². The third-order valence-corrected chi connectivity index (χ3v) is 2.25. The Hall–Kier alpha value is -1.25. The Morgan fingerprint density at radius 3 is 2.86 bits per heavy atom. The highest BCUT2D eigenvalue weighted by Gasteiger charge is 2.04. The standard InChI is InChI=1S/C11H17NO2/c1-9(2)12-8-4-6-10(12)5-3-7-11(13)14/h4,6,8-9H,3,5,7H2,1-2H3,(H,13,14). The normalized spacial score (nSPS) is 10.8. The van der Waals surface area contributed by atoms with E-state index in [0.29, 0.717) is 12.5 Å². The van der Waals surface area contributed by atoms with Gasteiger partial charge in [-0.3, -0.25) is 4.79 Å². The van der Waals surface area contributed by atoms with E-state index in [1.165, 1.54) is 5.69 Å². The van der Waals surface area contributed by atoms with Crippen LogP contribution in [0.2, 0.25) is 0 Å². The Bertz CT molecular complexity index is 302. The molecule has 1 heterocycles. The Labute approximate surface area is 84.4 Å². The first-order chi connectivity index (χ1) is 6.61. The van der Waals surface area contributed by atoms with Crippen LogP contribution in [0.3, 0.4) is 0 Å². The molecule has 0 spiro atoms. The number of nitrogens with zero attached hydrogens (tertiary/aromatic N) is 1. The van der Waals surface area contributed by atoms with Crippen molar-refractivity contribution >= 4 is 5.97 Å². The highest BCUT2D eigenvalue weighted by atomic mass is 16.4. The Kier molecular flexibility index (Phi) is 3.74. The number of hydrogen-bond acceptors (Lipinski definition) is 1. The number of aliphatic carboxylic acids is 1. The molecule has 0 aliphatic carbocycles. The van der Waals surface area contributed by atoms with Gasteiger partial charge in [-0.15, -0.1) is 0 Å². The summed E-state index contributed by atoms with van der Waals surface area (Å²) in [7, 11) is 0. The van der Waals surface area contributed by atoms with E-state index in [0.717, 1.165) is 6.42 Å². The number of aryl methyl sites for hydroxylation is 1. The minimum Gasteiger partial charge on any atom is -0.481 e. The van der Waals surface area contributed by atoms with Crippen molar-refractivity contribution in [2.45, 2.75) is 39.2 Å². The van der Waals surface area contributed by atoms with Crippen molar-refractivity contribution in [1.82, 2.24) is 4.57 Å².